The summed E-state index contributed by atoms with van der Waals surface area (Å²) in [5.74, 6) is -1.15. The molecule has 6 nitrogen and oxygen atoms in total. The molecule has 0 spiro atoms. The third-order valence-corrected chi connectivity index (χ3v) is 6.29. The van der Waals surface area contributed by atoms with Crippen LogP contribution in [0.25, 0.3) is 0 Å². The van der Waals surface area contributed by atoms with Crippen LogP contribution in [0.3, 0.4) is 0 Å². The molecule has 2 aromatic rings. The zero-order valence-electron chi connectivity index (χ0n) is 17.0. The monoisotopic (exact) mass is 440 g/mol. The maximum absolute atomic E-state index is 13.7. The summed E-state index contributed by atoms with van der Waals surface area (Å²) < 4.78 is 53.7. The Hall–Kier alpha value is -2.46. The van der Waals surface area contributed by atoms with Gasteiger partial charge in [0.1, 0.15) is 11.5 Å². The molecule has 1 amide bonds. The number of amides is 1. The van der Waals surface area contributed by atoms with Gasteiger partial charge in [0.25, 0.3) is 0 Å². The molecule has 2 N–H and O–H groups in total. The van der Waals surface area contributed by atoms with Crippen molar-refractivity contribution >= 4 is 5.91 Å². The van der Waals surface area contributed by atoms with Crippen molar-refractivity contribution in [3.8, 4) is 0 Å². The lowest BCUT2D eigenvalue weighted by molar-refractivity contribution is -0.138. The number of benzene rings is 1. The van der Waals surface area contributed by atoms with E-state index in [-0.39, 0.29) is 11.5 Å². The second-order valence-electron chi connectivity index (χ2n) is 8.17. The minimum Gasteiger partial charge on any atom is -0.372 e. The molecule has 1 fully saturated rings. The number of piperidine rings is 1. The van der Waals surface area contributed by atoms with Gasteiger partial charge in [0.15, 0.2) is 6.23 Å². The quantitative estimate of drug-likeness (QED) is 0.719. The minimum atomic E-state index is -4.54. The first-order chi connectivity index (χ1) is 14.6. The summed E-state index contributed by atoms with van der Waals surface area (Å²) >= 11 is 0. The fraction of sp³-hybridized carbons (Fsp3) is 0.524. The summed E-state index contributed by atoms with van der Waals surface area (Å²) in [4.78, 5) is 15.1. The fourth-order valence-corrected chi connectivity index (χ4v) is 4.58. The molecule has 0 radical (unpaired) electrons. The molecular formula is C21H24F4N4O2. The number of aromatic amines is 1. The van der Waals surface area contributed by atoms with E-state index in [2.05, 4.69) is 10.2 Å². The van der Waals surface area contributed by atoms with Gasteiger partial charge in [0.2, 0.25) is 5.91 Å². The summed E-state index contributed by atoms with van der Waals surface area (Å²) in [6.45, 7) is 3.18. The molecular weight excluding hydrogens is 416 g/mol. The van der Waals surface area contributed by atoms with Gasteiger partial charge in [0, 0.05) is 32.1 Å². The van der Waals surface area contributed by atoms with E-state index in [1.807, 2.05) is 0 Å². The molecule has 0 bridgehead atoms. The van der Waals surface area contributed by atoms with E-state index in [1.54, 1.807) is 9.80 Å². The van der Waals surface area contributed by atoms with Crippen molar-refractivity contribution in [3.63, 3.8) is 0 Å². The molecule has 2 aliphatic rings. The van der Waals surface area contributed by atoms with Gasteiger partial charge in [-0.1, -0.05) is 0 Å². The number of nitrogens with zero attached hydrogens (tertiary/aromatic N) is 3. The highest BCUT2D eigenvalue weighted by Gasteiger charge is 2.37. The van der Waals surface area contributed by atoms with Gasteiger partial charge in [-0.05, 0) is 48.9 Å². The van der Waals surface area contributed by atoms with E-state index in [9.17, 15) is 27.5 Å². The number of likely N-dealkylation sites (tertiary alicyclic amines) is 1. The SMILES string of the molecule is CC(=O)N1CCc2c(C(O)N3CCC(c4cc(F)ccc4C(F)(F)F)CC3)n[nH]c2C1. The lowest BCUT2D eigenvalue weighted by Crippen LogP contribution is -2.38. The van der Waals surface area contributed by atoms with Crippen molar-refractivity contribution in [1.82, 2.24) is 20.0 Å². The average molecular weight is 440 g/mol. The number of halogens is 4. The van der Waals surface area contributed by atoms with E-state index in [4.69, 9.17) is 0 Å². The molecule has 1 saturated heterocycles. The number of carbonyl (C=O) groups is 1. The molecule has 1 aromatic heterocycles. The Kier molecular flexibility index (Phi) is 5.78. The summed E-state index contributed by atoms with van der Waals surface area (Å²) in [7, 11) is 0. The fourth-order valence-electron chi connectivity index (χ4n) is 4.58. The zero-order chi connectivity index (χ0) is 22.3. The first kappa shape index (κ1) is 21.8. The van der Waals surface area contributed by atoms with Crippen molar-refractivity contribution in [3.05, 3.63) is 52.1 Å². The van der Waals surface area contributed by atoms with E-state index < -0.39 is 29.7 Å². The third-order valence-electron chi connectivity index (χ3n) is 6.29. The zero-order valence-corrected chi connectivity index (χ0v) is 17.0. The molecule has 10 heteroatoms. The first-order valence-electron chi connectivity index (χ1n) is 10.3. The Morgan fingerprint density at radius 3 is 2.61 bits per heavy atom. The van der Waals surface area contributed by atoms with Crippen LogP contribution >= 0.6 is 0 Å². The van der Waals surface area contributed by atoms with E-state index in [1.165, 1.54) is 6.92 Å². The Morgan fingerprint density at radius 2 is 1.97 bits per heavy atom. The van der Waals surface area contributed by atoms with Crippen LogP contribution in [-0.2, 0) is 23.9 Å². The summed E-state index contributed by atoms with van der Waals surface area (Å²) in [6.07, 6.45) is -4.21. The third kappa shape index (κ3) is 4.31. The van der Waals surface area contributed by atoms with Crippen LogP contribution in [0.1, 0.15) is 60.0 Å². The van der Waals surface area contributed by atoms with Gasteiger partial charge in [-0.25, -0.2) is 4.39 Å². The molecule has 4 rings (SSSR count). The Labute approximate surface area is 176 Å². The number of nitrogens with one attached hydrogen (secondary N) is 1. The molecule has 0 aliphatic carbocycles. The van der Waals surface area contributed by atoms with Crippen LogP contribution in [0.5, 0.6) is 0 Å². The molecule has 2 aliphatic heterocycles. The Balaban J connectivity index is 1.46. The highest BCUT2D eigenvalue weighted by molar-refractivity contribution is 5.73. The van der Waals surface area contributed by atoms with Gasteiger partial charge in [0.05, 0.1) is 17.8 Å². The number of fused-ring (bicyclic) bond motifs is 1. The second kappa shape index (κ2) is 8.23. The van der Waals surface area contributed by atoms with E-state index in [0.717, 1.165) is 29.5 Å². The summed E-state index contributed by atoms with van der Waals surface area (Å²) in [5.41, 5.74) is 1.35. The Morgan fingerprint density at radius 1 is 1.26 bits per heavy atom. The number of hydrogen-bond acceptors (Lipinski definition) is 4. The summed E-state index contributed by atoms with van der Waals surface area (Å²) in [6, 6.07) is 2.61. The first-order valence-corrected chi connectivity index (χ1v) is 10.3. The van der Waals surface area contributed by atoms with Crippen molar-refractivity contribution < 1.29 is 27.5 Å². The van der Waals surface area contributed by atoms with Crippen LogP contribution in [0, 0.1) is 5.82 Å². The molecule has 0 saturated carbocycles. The van der Waals surface area contributed by atoms with Gasteiger partial charge in [-0.2, -0.15) is 18.3 Å². The van der Waals surface area contributed by atoms with Crippen molar-refractivity contribution in [1.29, 1.82) is 0 Å². The maximum atomic E-state index is 13.7. The topological polar surface area (TPSA) is 72.5 Å². The largest absolute Gasteiger partial charge is 0.416 e. The minimum absolute atomic E-state index is 0.0249. The number of aliphatic hydroxyl groups excluding tert-OH is 1. The smallest absolute Gasteiger partial charge is 0.372 e. The van der Waals surface area contributed by atoms with Gasteiger partial charge >= 0.3 is 6.18 Å². The maximum Gasteiger partial charge on any atom is 0.416 e. The number of aromatic nitrogens is 2. The highest BCUT2D eigenvalue weighted by atomic mass is 19.4. The van der Waals surface area contributed by atoms with Crippen LogP contribution in [-0.4, -0.2) is 50.6 Å². The van der Waals surface area contributed by atoms with E-state index in [0.29, 0.717) is 51.1 Å². The number of hydrogen-bond donors (Lipinski definition) is 2. The number of alkyl halides is 3. The summed E-state index contributed by atoms with van der Waals surface area (Å²) in [5, 5.41) is 18.0. The predicted molar refractivity (Wildman–Crippen MR) is 103 cm³/mol. The standard InChI is InChI=1S/C21H24F4N4O2/c1-12(30)29-9-6-15-18(11-29)26-27-19(15)20(31)28-7-4-13(5-8-28)16-10-14(22)2-3-17(16)21(23,24)25/h2-3,10,13,20,31H,4-9,11H2,1H3,(H,26,27). The highest BCUT2D eigenvalue weighted by Crippen LogP contribution is 2.40. The Bertz CT molecular complexity index is 967. The van der Waals surface area contributed by atoms with Gasteiger partial charge in [-0.3, -0.25) is 14.8 Å². The van der Waals surface area contributed by atoms with Crippen LogP contribution in [0.4, 0.5) is 17.6 Å². The number of H-pyrrole nitrogens is 1. The van der Waals surface area contributed by atoms with Gasteiger partial charge < -0.3 is 10.0 Å². The lowest BCUT2D eigenvalue weighted by atomic mass is 9.86. The molecule has 1 aromatic carbocycles. The molecule has 1 atom stereocenters. The van der Waals surface area contributed by atoms with E-state index >= 15 is 0 Å². The van der Waals surface area contributed by atoms with Gasteiger partial charge in [-0.15, -0.1) is 0 Å². The normalized spacial score (nSPS) is 19.4. The molecule has 1 unspecified atom stereocenters. The average Bonchev–Trinajstić information content (AvgIpc) is 3.15. The van der Waals surface area contributed by atoms with Crippen LogP contribution in [0.15, 0.2) is 18.2 Å². The van der Waals surface area contributed by atoms with Crippen LogP contribution < -0.4 is 0 Å². The molecule has 3 heterocycles. The molecule has 168 valence electrons. The number of aliphatic hydroxyl groups is 1. The lowest BCUT2D eigenvalue weighted by Gasteiger charge is -2.36. The van der Waals surface area contributed by atoms with Crippen molar-refractivity contribution in [2.24, 2.45) is 0 Å². The number of carbonyl (C=O) groups excluding carboxylic acids is 1. The molecule has 31 heavy (non-hydrogen) atoms. The van der Waals surface area contributed by atoms with Crippen LogP contribution in [0.2, 0.25) is 0 Å². The van der Waals surface area contributed by atoms with Crippen molar-refractivity contribution in [2.75, 3.05) is 19.6 Å². The second-order valence-corrected chi connectivity index (χ2v) is 8.17. The number of rotatable bonds is 3. The predicted octanol–water partition coefficient (Wildman–Crippen LogP) is 3.34. The van der Waals surface area contributed by atoms with Crippen molar-refractivity contribution in [2.45, 2.75) is 51.1 Å².